The number of amides is 1. The Morgan fingerprint density at radius 2 is 1.97 bits per heavy atom. The van der Waals surface area contributed by atoms with E-state index in [1.165, 1.54) is 24.5 Å². The van der Waals surface area contributed by atoms with E-state index in [-0.39, 0.29) is 11.3 Å². The molecule has 1 aliphatic rings. The van der Waals surface area contributed by atoms with Gasteiger partial charge in [0, 0.05) is 26.6 Å². The minimum absolute atomic E-state index is 0.230. The van der Waals surface area contributed by atoms with E-state index in [4.69, 9.17) is 27.9 Å². The van der Waals surface area contributed by atoms with Gasteiger partial charge >= 0.3 is 5.97 Å². The highest BCUT2D eigenvalue weighted by atomic mass is 35.5. The lowest BCUT2D eigenvalue weighted by Gasteiger charge is -2.36. The molecule has 1 aromatic carbocycles. The molecule has 166 valence electrons. The van der Waals surface area contributed by atoms with Crippen molar-refractivity contribution < 1.29 is 14.3 Å². The lowest BCUT2D eigenvalue weighted by atomic mass is 9.69. The summed E-state index contributed by atoms with van der Waals surface area (Å²) in [6.07, 6.45) is 6.78. The Bertz CT molecular complexity index is 1010. The van der Waals surface area contributed by atoms with Crippen molar-refractivity contribution in [1.29, 1.82) is 0 Å². The van der Waals surface area contributed by atoms with Crippen LogP contribution in [0.2, 0.25) is 10.0 Å². The highest BCUT2D eigenvalue weighted by molar-refractivity contribution is 7.17. The molecule has 1 heterocycles. The molecule has 0 saturated carbocycles. The van der Waals surface area contributed by atoms with Crippen molar-refractivity contribution in [3.05, 3.63) is 55.9 Å². The van der Waals surface area contributed by atoms with Crippen LogP contribution < -0.4 is 5.32 Å². The Kier molecular flexibility index (Phi) is 7.51. The van der Waals surface area contributed by atoms with Crippen LogP contribution in [0.1, 0.15) is 60.0 Å². The predicted octanol–water partition coefficient (Wildman–Crippen LogP) is 7.03. The van der Waals surface area contributed by atoms with Gasteiger partial charge in [0.25, 0.3) is 0 Å². The average Bonchev–Trinajstić information content (AvgIpc) is 3.09. The molecule has 0 saturated heterocycles. The van der Waals surface area contributed by atoms with Crippen LogP contribution in [0.4, 0.5) is 5.00 Å². The van der Waals surface area contributed by atoms with Gasteiger partial charge in [-0.25, -0.2) is 4.79 Å². The maximum absolute atomic E-state index is 12.6. The van der Waals surface area contributed by atoms with Crippen molar-refractivity contribution >= 4 is 57.5 Å². The van der Waals surface area contributed by atoms with Crippen LogP contribution in [-0.4, -0.2) is 19.0 Å². The number of carbonyl (C=O) groups is 2. The van der Waals surface area contributed by atoms with E-state index in [1.807, 2.05) is 0 Å². The van der Waals surface area contributed by atoms with Gasteiger partial charge in [0.05, 0.1) is 12.7 Å². The molecule has 1 amide bonds. The van der Waals surface area contributed by atoms with E-state index in [9.17, 15) is 9.59 Å². The Balaban J connectivity index is 1.87. The van der Waals surface area contributed by atoms with Gasteiger partial charge in [0.2, 0.25) is 5.91 Å². The third-order valence-corrected chi connectivity index (χ3v) is 8.14. The van der Waals surface area contributed by atoms with E-state index >= 15 is 0 Å². The third kappa shape index (κ3) is 5.16. The highest BCUT2D eigenvalue weighted by Crippen LogP contribution is 2.45. The lowest BCUT2D eigenvalue weighted by Crippen LogP contribution is -2.28. The van der Waals surface area contributed by atoms with Gasteiger partial charge in [-0.2, -0.15) is 0 Å². The first-order valence-electron chi connectivity index (χ1n) is 10.3. The van der Waals surface area contributed by atoms with Crippen LogP contribution >= 0.6 is 34.5 Å². The summed E-state index contributed by atoms with van der Waals surface area (Å²) in [5, 5.41) is 4.32. The zero-order chi connectivity index (χ0) is 22.8. The first kappa shape index (κ1) is 23.8. The van der Waals surface area contributed by atoms with E-state index in [0.29, 0.717) is 32.1 Å². The van der Waals surface area contributed by atoms with Gasteiger partial charge in [0.15, 0.2) is 0 Å². The lowest BCUT2D eigenvalue weighted by molar-refractivity contribution is -0.111. The molecular weight excluding hydrogens is 453 g/mol. The van der Waals surface area contributed by atoms with Crippen molar-refractivity contribution in [3.8, 4) is 0 Å². The number of hydrogen-bond donors (Lipinski definition) is 1. The number of anilines is 1. The number of methoxy groups -OCH3 is 1. The first-order chi connectivity index (χ1) is 14.7. The largest absolute Gasteiger partial charge is 0.465 e. The average molecular weight is 480 g/mol. The Morgan fingerprint density at radius 3 is 2.58 bits per heavy atom. The Morgan fingerprint density at radius 1 is 1.29 bits per heavy atom. The van der Waals surface area contributed by atoms with E-state index in [0.717, 1.165) is 36.1 Å². The molecule has 1 atom stereocenters. The molecule has 7 heteroatoms. The minimum atomic E-state index is -0.417. The molecule has 0 radical (unpaired) electrons. The molecule has 1 aliphatic carbocycles. The van der Waals surface area contributed by atoms with Crippen LogP contribution in [0, 0.1) is 11.3 Å². The number of ether oxygens (including phenoxy) is 1. The van der Waals surface area contributed by atoms with Gasteiger partial charge < -0.3 is 10.1 Å². The number of fused-ring (bicyclic) bond motifs is 1. The number of carbonyl (C=O) groups excluding carboxylic acids is 2. The second kappa shape index (κ2) is 9.76. The molecule has 0 aliphatic heterocycles. The maximum Gasteiger partial charge on any atom is 0.341 e. The topological polar surface area (TPSA) is 55.4 Å². The minimum Gasteiger partial charge on any atom is -0.465 e. The van der Waals surface area contributed by atoms with Crippen molar-refractivity contribution in [3.63, 3.8) is 0 Å². The van der Waals surface area contributed by atoms with Crippen LogP contribution in [0.5, 0.6) is 0 Å². The fourth-order valence-corrected chi connectivity index (χ4v) is 5.77. The molecule has 0 bridgehead atoms. The van der Waals surface area contributed by atoms with E-state index in [2.05, 4.69) is 26.1 Å². The molecule has 0 spiro atoms. The van der Waals surface area contributed by atoms with Gasteiger partial charge in [-0.1, -0.05) is 56.5 Å². The SMILES string of the molecule is CCC(C)(C)C1CCc2c(sc(NC(=O)/C=C/c3c(Cl)cccc3Cl)c2C(=O)OC)C1. The second-order valence-electron chi connectivity index (χ2n) is 8.44. The number of halogens is 2. The molecule has 1 unspecified atom stereocenters. The van der Waals surface area contributed by atoms with Crippen molar-refractivity contribution in [2.24, 2.45) is 11.3 Å². The standard InChI is InChI=1S/C24H27Cl2NO3S/c1-5-24(2,3)14-9-10-16-19(13-14)31-22(21(16)23(29)30-4)27-20(28)12-11-15-17(25)7-6-8-18(15)26/h6-8,11-12,14H,5,9-10,13H2,1-4H3,(H,27,28)/b12-11+. The molecule has 2 aromatic rings. The zero-order valence-electron chi connectivity index (χ0n) is 18.2. The summed E-state index contributed by atoms with van der Waals surface area (Å²) >= 11 is 13.8. The summed E-state index contributed by atoms with van der Waals surface area (Å²) in [4.78, 5) is 26.3. The quantitative estimate of drug-likeness (QED) is 0.357. The summed E-state index contributed by atoms with van der Waals surface area (Å²) in [5.41, 5.74) is 2.29. The van der Waals surface area contributed by atoms with Gasteiger partial charge in [-0.05, 0) is 54.4 Å². The number of hydrogen-bond acceptors (Lipinski definition) is 4. The van der Waals surface area contributed by atoms with Gasteiger partial charge in [-0.3, -0.25) is 4.79 Å². The number of rotatable bonds is 6. The van der Waals surface area contributed by atoms with E-state index in [1.54, 1.807) is 24.3 Å². The predicted molar refractivity (Wildman–Crippen MR) is 129 cm³/mol. The first-order valence-corrected chi connectivity index (χ1v) is 11.9. The van der Waals surface area contributed by atoms with Gasteiger partial charge in [-0.15, -0.1) is 11.3 Å². The summed E-state index contributed by atoms with van der Waals surface area (Å²) < 4.78 is 5.02. The number of benzene rings is 1. The number of nitrogens with one attached hydrogen (secondary N) is 1. The number of thiophene rings is 1. The van der Waals surface area contributed by atoms with Crippen LogP contribution in [0.25, 0.3) is 6.08 Å². The van der Waals surface area contributed by atoms with E-state index < -0.39 is 5.97 Å². The van der Waals surface area contributed by atoms with Crippen LogP contribution in [0.3, 0.4) is 0 Å². The van der Waals surface area contributed by atoms with Crippen LogP contribution in [0.15, 0.2) is 24.3 Å². The van der Waals surface area contributed by atoms with Crippen molar-refractivity contribution in [2.45, 2.75) is 46.5 Å². The van der Waals surface area contributed by atoms with Crippen molar-refractivity contribution in [1.82, 2.24) is 0 Å². The Labute approximate surface area is 197 Å². The molecule has 1 N–H and O–H groups in total. The molecule has 31 heavy (non-hydrogen) atoms. The monoisotopic (exact) mass is 479 g/mol. The van der Waals surface area contributed by atoms with Gasteiger partial charge in [0.1, 0.15) is 5.00 Å². The zero-order valence-corrected chi connectivity index (χ0v) is 20.5. The molecule has 0 fully saturated rings. The molecule has 3 rings (SSSR count). The molecular formula is C24H27Cl2NO3S. The summed E-state index contributed by atoms with van der Waals surface area (Å²) in [5.74, 6) is -0.232. The smallest absolute Gasteiger partial charge is 0.341 e. The highest BCUT2D eigenvalue weighted by Gasteiger charge is 2.35. The third-order valence-electron chi connectivity index (χ3n) is 6.31. The summed E-state index contributed by atoms with van der Waals surface area (Å²) in [7, 11) is 1.36. The normalized spacial score (nSPS) is 16.3. The van der Waals surface area contributed by atoms with Crippen molar-refractivity contribution in [2.75, 3.05) is 12.4 Å². The fourth-order valence-electron chi connectivity index (χ4n) is 3.93. The fraction of sp³-hybridized carbons (Fsp3) is 0.417. The summed E-state index contributed by atoms with van der Waals surface area (Å²) in [6, 6.07) is 5.16. The molecule has 4 nitrogen and oxygen atoms in total. The molecule has 1 aromatic heterocycles. The maximum atomic E-state index is 12.6. The second-order valence-corrected chi connectivity index (χ2v) is 10.4. The number of esters is 1. The Hall–Kier alpha value is -1.82. The van der Waals surface area contributed by atoms with Crippen LogP contribution in [-0.2, 0) is 22.4 Å². The summed E-state index contributed by atoms with van der Waals surface area (Å²) in [6.45, 7) is 6.81.